The number of rotatable bonds is 6. The molecule has 1 aliphatic rings. The van der Waals surface area contributed by atoms with Crippen LogP contribution in [0.4, 0.5) is 4.39 Å². The minimum absolute atomic E-state index is 0.0583. The quantitative estimate of drug-likeness (QED) is 0.767. The van der Waals surface area contributed by atoms with Crippen LogP contribution in [-0.4, -0.2) is 58.9 Å². The number of carbonyl (C=O) groups is 1. The smallest absolute Gasteiger partial charge is 0.272 e. The van der Waals surface area contributed by atoms with Gasteiger partial charge in [0.1, 0.15) is 17.3 Å². The number of halogens is 1. The molecule has 1 aliphatic heterocycles. The lowest BCUT2D eigenvalue weighted by Crippen LogP contribution is -2.42. The maximum atomic E-state index is 13.8. The molecule has 0 aliphatic carbocycles. The van der Waals surface area contributed by atoms with Crippen LogP contribution in [0.1, 0.15) is 40.4 Å². The van der Waals surface area contributed by atoms with E-state index in [2.05, 4.69) is 14.9 Å². The van der Waals surface area contributed by atoms with E-state index in [1.165, 1.54) is 6.07 Å². The van der Waals surface area contributed by atoms with Gasteiger partial charge in [-0.15, -0.1) is 0 Å². The molecule has 2 heterocycles. The Hall–Kier alpha value is -2.34. The minimum Gasteiger partial charge on any atom is -0.340 e. The highest BCUT2D eigenvalue weighted by Gasteiger charge is 2.24. The molecule has 1 aromatic carbocycles. The van der Waals surface area contributed by atoms with Gasteiger partial charge in [0, 0.05) is 32.4 Å². The first-order valence-electron chi connectivity index (χ1n) is 9.96. The molecule has 0 saturated carbocycles. The monoisotopic (exact) mass is 384 g/mol. The number of aryl methyl sites for hydroxylation is 2. The van der Waals surface area contributed by atoms with Crippen LogP contribution >= 0.6 is 0 Å². The Morgan fingerprint density at radius 3 is 2.82 bits per heavy atom. The van der Waals surface area contributed by atoms with Crippen molar-refractivity contribution < 1.29 is 9.18 Å². The lowest BCUT2D eigenvalue weighted by molar-refractivity contribution is 0.0724. The van der Waals surface area contributed by atoms with Crippen molar-refractivity contribution in [1.29, 1.82) is 0 Å². The molecule has 0 N–H and O–H groups in total. The van der Waals surface area contributed by atoms with Crippen LogP contribution in [0.5, 0.6) is 0 Å². The van der Waals surface area contributed by atoms with E-state index < -0.39 is 0 Å². The summed E-state index contributed by atoms with van der Waals surface area (Å²) >= 11 is 0. The number of carbonyl (C=O) groups excluding carboxylic acids is 1. The van der Waals surface area contributed by atoms with Gasteiger partial charge in [-0.05, 0) is 63.3 Å². The Bertz CT molecular complexity index is 806. The largest absolute Gasteiger partial charge is 0.340 e. The van der Waals surface area contributed by atoms with E-state index in [0.29, 0.717) is 30.4 Å². The van der Waals surface area contributed by atoms with Gasteiger partial charge in [0.15, 0.2) is 0 Å². The first-order valence-corrected chi connectivity index (χ1v) is 9.96. The van der Waals surface area contributed by atoms with Gasteiger partial charge in [0.2, 0.25) is 0 Å². The molecular weight excluding hydrogens is 355 g/mol. The second kappa shape index (κ2) is 9.24. The molecule has 2 aromatic rings. The fraction of sp³-hybridized carbons (Fsp3) is 0.500. The Kier molecular flexibility index (Phi) is 6.73. The van der Waals surface area contributed by atoms with Crippen LogP contribution in [0.2, 0.25) is 0 Å². The van der Waals surface area contributed by atoms with Crippen molar-refractivity contribution in [3.05, 3.63) is 58.9 Å². The van der Waals surface area contributed by atoms with Gasteiger partial charge in [-0.3, -0.25) is 4.79 Å². The molecule has 1 atom stereocenters. The molecule has 6 heteroatoms. The minimum atomic E-state index is -0.128. The topological polar surface area (TPSA) is 49.3 Å². The Labute approximate surface area is 166 Å². The molecule has 5 nitrogen and oxygen atoms in total. The van der Waals surface area contributed by atoms with Crippen LogP contribution < -0.4 is 0 Å². The number of hydrogen-bond acceptors (Lipinski definition) is 4. The molecular formula is C22H29FN4O. The molecule has 1 fully saturated rings. The van der Waals surface area contributed by atoms with Gasteiger partial charge in [0.25, 0.3) is 5.91 Å². The summed E-state index contributed by atoms with van der Waals surface area (Å²) in [5.41, 5.74) is 2.03. The van der Waals surface area contributed by atoms with E-state index in [-0.39, 0.29) is 11.7 Å². The fourth-order valence-electron chi connectivity index (χ4n) is 3.98. The lowest BCUT2D eigenvalue weighted by atomic mass is 9.97. The van der Waals surface area contributed by atoms with Crippen molar-refractivity contribution in [1.82, 2.24) is 19.8 Å². The molecule has 0 bridgehead atoms. The van der Waals surface area contributed by atoms with Gasteiger partial charge in [0.05, 0.1) is 0 Å². The normalized spacial score (nSPS) is 17.5. The maximum Gasteiger partial charge on any atom is 0.272 e. The second-order valence-corrected chi connectivity index (χ2v) is 7.78. The molecule has 1 saturated heterocycles. The standard InChI is InChI=1S/C22H29FN4O/c1-16-13-21(25-17(2)24-16)22(28)26(3)14-18-7-6-11-27(15-18)12-10-19-8-4-5-9-20(19)23/h4-5,8-9,13,18H,6-7,10-12,14-15H2,1-3H3. The van der Waals surface area contributed by atoms with Gasteiger partial charge in [-0.2, -0.15) is 0 Å². The first kappa shape index (κ1) is 20.4. The molecule has 1 unspecified atom stereocenters. The predicted octanol–water partition coefficient (Wildman–Crippen LogP) is 3.26. The first-order chi connectivity index (χ1) is 13.4. The van der Waals surface area contributed by atoms with E-state index >= 15 is 0 Å². The summed E-state index contributed by atoms with van der Waals surface area (Å²) in [6.07, 6.45) is 2.93. The third-order valence-corrected chi connectivity index (χ3v) is 5.32. The summed E-state index contributed by atoms with van der Waals surface area (Å²) in [5, 5.41) is 0. The van der Waals surface area contributed by atoms with Crippen molar-refractivity contribution in [3.63, 3.8) is 0 Å². The molecule has 1 aromatic heterocycles. The van der Waals surface area contributed by atoms with E-state index in [0.717, 1.165) is 43.7 Å². The van der Waals surface area contributed by atoms with Gasteiger partial charge < -0.3 is 9.80 Å². The zero-order valence-corrected chi connectivity index (χ0v) is 17.0. The number of aromatic nitrogens is 2. The SMILES string of the molecule is Cc1cc(C(=O)N(C)CC2CCCN(CCc3ccccc3F)C2)nc(C)n1. The molecule has 28 heavy (non-hydrogen) atoms. The van der Waals surface area contributed by atoms with Gasteiger partial charge in [-0.25, -0.2) is 14.4 Å². The highest BCUT2D eigenvalue weighted by Crippen LogP contribution is 2.19. The number of likely N-dealkylation sites (tertiary alicyclic amines) is 1. The summed E-state index contributed by atoms with van der Waals surface area (Å²) in [6.45, 7) is 7.20. The van der Waals surface area contributed by atoms with Crippen LogP contribution in [0.3, 0.4) is 0 Å². The number of benzene rings is 1. The average molecular weight is 384 g/mol. The van der Waals surface area contributed by atoms with Crippen LogP contribution in [0.15, 0.2) is 30.3 Å². The summed E-state index contributed by atoms with van der Waals surface area (Å²) in [7, 11) is 1.84. The summed E-state index contributed by atoms with van der Waals surface area (Å²) in [5.74, 6) is 0.856. The number of hydrogen-bond donors (Lipinski definition) is 0. The molecule has 3 rings (SSSR count). The van der Waals surface area contributed by atoms with E-state index in [1.807, 2.05) is 26.1 Å². The summed E-state index contributed by atoms with van der Waals surface area (Å²) in [4.78, 5) is 25.4. The summed E-state index contributed by atoms with van der Waals surface area (Å²) in [6, 6.07) is 8.73. The Morgan fingerprint density at radius 1 is 1.29 bits per heavy atom. The van der Waals surface area contributed by atoms with Crippen molar-refractivity contribution in [2.75, 3.05) is 33.2 Å². The second-order valence-electron chi connectivity index (χ2n) is 7.78. The van der Waals surface area contributed by atoms with Crippen molar-refractivity contribution >= 4 is 5.91 Å². The fourth-order valence-corrected chi connectivity index (χ4v) is 3.98. The van der Waals surface area contributed by atoms with Crippen molar-refractivity contribution in [3.8, 4) is 0 Å². The maximum absolute atomic E-state index is 13.8. The van der Waals surface area contributed by atoms with Crippen LogP contribution in [0, 0.1) is 25.6 Å². The highest BCUT2D eigenvalue weighted by atomic mass is 19.1. The predicted molar refractivity (Wildman–Crippen MR) is 108 cm³/mol. The molecule has 0 radical (unpaired) electrons. The third kappa shape index (κ3) is 5.35. The van der Waals surface area contributed by atoms with E-state index in [1.54, 1.807) is 24.0 Å². The molecule has 0 spiro atoms. The lowest BCUT2D eigenvalue weighted by Gasteiger charge is -2.34. The number of amides is 1. The van der Waals surface area contributed by atoms with Gasteiger partial charge in [-0.1, -0.05) is 18.2 Å². The highest BCUT2D eigenvalue weighted by molar-refractivity contribution is 5.92. The van der Waals surface area contributed by atoms with Gasteiger partial charge >= 0.3 is 0 Å². The average Bonchev–Trinajstić information content (AvgIpc) is 2.66. The van der Waals surface area contributed by atoms with E-state index in [4.69, 9.17) is 0 Å². The zero-order valence-electron chi connectivity index (χ0n) is 17.0. The van der Waals surface area contributed by atoms with Crippen LogP contribution in [0.25, 0.3) is 0 Å². The Morgan fingerprint density at radius 2 is 2.07 bits per heavy atom. The van der Waals surface area contributed by atoms with Crippen LogP contribution in [-0.2, 0) is 6.42 Å². The molecule has 1 amide bonds. The zero-order chi connectivity index (χ0) is 20.1. The third-order valence-electron chi connectivity index (χ3n) is 5.32. The summed E-state index contributed by atoms with van der Waals surface area (Å²) < 4.78 is 13.8. The van der Waals surface area contributed by atoms with Crippen molar-refractivity contribution in [2.24, 2.45) is 5.92 Å². The van der Waals surface area contributed by atoms with Crippen molar-refractivity contribution in [2.45, 2.75) is 33.1 Å². The number of piperidine rings is 1. The number of nitrogens with zero attached hydrogens (tertiary/aromatic N) is 4. The Balaban J connectivity index is 1.54. The molecule has 150 valence electrons. The van der Waals surface area contributed by atoms with E-state index in [9.17, 15) is 9.18 Å².